The number of ether oxygens (including phenoxy) is 1. The topological polar surface area (TPSA) is 24.5 Å². The summed E-state index contributed by atoms with van der Waals surface area (Å²) >= 11 is 0. The number of nitrogens with zero attached hydrogens (tertiary/aromatic N) is 1. The zero-order chi connectivity index (χ0) is 10.8. The second-order valence-corrected chi connectivity index (χ2v) is 5.25. The molecule has 0 radical (unpaired) electrons. The van der Waals surface area contributed by atoms with Gasteiger partial charge in [0.15, 0.2) is 0 Å². The maximum absolute atomic E-state index is 5.57. The molecule has 4 unspecified atom stereocenters. The van der Waals surface area contributed by atoms with Crippen LogP contribution in [0.5, 0.6) is 0 Å². The number of likely N-dealkylation sites (tertiary alicyclic amines) is 1. The molecule has 2 aliphatic rings. The smallest absolute Gasteiger partial charge is 0.0588 e. The lowest BCUT2D eigenvalue weighted by atomic mass is 10.0. The molecule has 2 aliphatic heterocycles. The van der Waals surface area contributed by atoms with E-state index in [1.54, 1.807) is 0 Å². The van der Waals surface area contributed by atoms with Gasteiger partial charge in [-0.1, -0.05) is 0 Å². The fourth-order valence-corrected chi connectivity index (χ4v) is 2.70. The van der Waals surface area contributed by atoms with Crippen molar-refractivity contribution in [3.8, 4) is 0 Å². The third kappa shape index (κ3) is 2.71. The molecule has 2 fully saturated rings. The molecule has 1 N–H and O–H groups in total. The Morgan fingerprint density at radius 3 is 2.73 bits per heavy atom. The SMILES string of the molecule is CC1OCCC1CNC1CC(C)N(C)C1. The van der Waals surface area contributed by atoms with Crippen LogP contribution < -0.4 is 5.32 Å². The number of rotatable bonds is 3. The van der Waals surface area contributed by atoms with Crippen molar-refractivity contribution in [2.45, 2.75) is 44.9 Å². The molecule has 4 atom stereocenters. The van der Waals surface area contributed by atoms with Crippen LogP contribution in [0.1, 0.15) is 26.7 Å². The van der Waals surface area contributed by atoms with Crippen LogP contribution in [0.3, 0.4) is 0 Å². The van der Waals surface area contributed by atoms with Gasteiger partial charge < -0.3 is 15.0 Å². The van der Waals surface area contributed by atoms with Gasteiger partial charge >= 0.3 is 0 Å². The number of hydrogen-bond donors (Lipinski definition) is 1. The van der Waals surface area contributed by atoms with E-state index < -0.39 is 0 Å². The molecule has 0 aromatic heterocycles. The summed E-state index contributed by atoms with van der Waals surface area (Å²) in [7, 11) is 2.22. The highest BCUT2D eigenvalue weighted by Crippen LogP contribution is 2.21. The van der Waals surface area contributed by atoms with Crippen molar-refractivity contribution in [2.75, 3.05) is 26.7 Å². The first-order valence-electron chi connectivity index (χ1n) is 6.22. The van der Waals surface area contributed by atoms with Crippen LogP contribution in [0.15, 0.2) is 0 Å². The number of hydrogen-bond acceptors (Lipinski definition) is 3. The molecule has 0 bridgehead atoms. The molecular formula is C12H24N2O. The van der Waals surface area contributed by atoms with Crippen molar-refractivity contribution in [3.63, 3.8) is 0 Å². The summed E-state index contributed by atoms with van der Waals surface area (Å²) < 4.78 is 5.57. The zero-order valence-electron chi connectivity index (χ0n) is 10.2. The van der Waals surface area contributed by atoms with Gasteiger partial charge in [-0.25, -0.2) is 0 Å². The lowest BCUT2D eigenvalue weighted by molar-refractivity contribution is 0.105. The van der Waals surface area contributed by atoms with Crippen molar-refractivity contribution in [1.82, 2.24) is 10.2 Å². The summed E-state index contributed by atoms with van der Waals surface area (Å²) in [6.07, 6.45) is 2.97. The van der Waals surface area contributed by atoms with Gasteiger partial charge in [0.25, 0.3) is 0 Å². The maximum atomic E-state index is 5.57. The molecule has 0 aromatic rings. The fourth-order valence-electron chi connectivity index (χ4n) is 2.70. The third-order valence-electron chi connectivity index (χ3n) is 4.09. The Labute approximate surface area is 93.2 Å². The van der Waals surface area contributed by atoms with Crippen LogP contribution in [-0.4, -0.2) is 49.8 Å². The first-order valence-corrected chi connectivity index (χ1v) is 6.22. The Morgan fingerprint density at radius 1 is 1.40 bits per heavy atom. The minimum absolute atomic E-state index is 0.453. The van der Waals surface area contributed by atoms with Crippen LogP contribution in [0, 0.1) is 5.92 Å². The van der Waals surface area contributed by atoms with E-state index in [0.29, 0.717) is 12.1 Å². The van der Waals surface area contributed by atoms with Gasteiger partial charge in [-0.05, 0) is 39.7 Å². The second kappa shape index (κ2) is 4.81. The van der Waals surface area contributed by atoms with Gasteiger partial charge in [0, 0.05) is 31.8 Å². The Balaban J connectivity index is 1.70. The first-order chi connectivity index (χ1) is 7.16. The average molecular weight is 212 g/mol. The molecule has 15 heavy (non-hydrogen) atoms. The number of nitrogens with one attached hydrogen (secondary N) is 1. The highest BCUT2D eigenvalue weighted by Gasteiger charge is 2.28. The highest BCUT2D eigenvalue weighted by molar-refractivity contribution is 4.86. The van der Waals surface area contributed by atoms with Crippen LogP contribution in [0.25, 0.3) is 0 Å². The minimum atomic E-state index is 0.453. The van der Waals surface area contributed by atoms with Crippen LogP contribution in [-0.2, 0) is 4.74 Å². The highest BCUT2D eigenvalue weighted by atomic mass is 16.5. The molecule has 0 amide bonds. The molecule has 2 rings (SSSR count). The van der Waals surface area contributed by atoms with Crippen LogP contribution in [0.4, 0.5) is 0 Å². The van der Waals surface area contributed by atoms with E-state index in [1.807, 2.05) is 0 Å². The molecule has 3 nitrogen and oxygen atoms in total. The predicted molar refractivity (Wildman–Crippen MR) is 62.0 cm³/mol. The largest absolute Gasteiger partial charge is 0.378 e. The quantitative estimate of drug-likeness (QED) is 0.758. The Morgan fingerprint density at radius 2 is 2.20 bits per heavy atom. The van der Waals surface area contributed by atoms with Gasteiger partial charge in [0.05, 0.1) is 6.10 Å². The summed E-state index contributed by atoms with van der Waals surface area (Å²) in [6, 6.07) is 1.43. The van der Waals surface area contributed by atoms with Crippen LogP contribution in [0.2, 0.25) is 0 Å². The molecule has 3 heteroatoms. The summed E-state index contributed by atoms with van der Waals surface area (Å²) in [4.78, 5) is 2.44. The van der Waals surface area contributed by atoms with Gasteiger partial charge in [-0.3, -0.25) is 0 Å². The van der Waals surface area contributed by atoms with Crippen molar-refractivity contribution in [2.24, 2.45) is 5.92 Å². The van der Waals surface area contributed by atoms with E-state index in [-0.39, 0.29) is 0 Å². The average Bonchev–Trinajstić information content (AvgIpc) is 2.72. The standard InChI is InChI=1S/C12H24N2O/c1-9-6-12(8-14(9)3)13-7-11-4-5-15-10(11)2/h9-13H,4-8H2,1-3H3. The van der Waals surface area contributed by atoms with Gasteiger partial charge in [-0.15, -0.1) is 0 Å². The minimum Gasteiger partial charge on any atom is -0.378 e. The van der Waals surface area contributed by atoms with Crippen molar-refractivity contribution in [1.29, 1.82) is 0 Å². The monoisotopic (exact) mass is 212 g/mol. The summed E-state index contributed by atoms with van der Waals surface area (Å²) in [5, 5.41) is 3.69. The predicted octanol–water partition coefficient (Wildman–Crippen LogP) is 1.09. The molecule has 0 saturated carbocycles. The Hall–Kier alpha value is -0.120. The zero-order valence-corrected chi connectivity index (χ0v) is 10.2. The maximum Gasteiger partial charge on any atom is 0.0588 e. The van der Waals surface area contributed by atoms with Gasteiger partial charge in [0.2, 0.25) is 0 Å². The summed E-state index contributed by atoms with van der Waals surface area (Å²) in [5.41, 5.74) is 0. The first kappa shape index (κ1) is 11.4. The molecule has 2 heterocycles. The van der Waals surface area contributed by atoms with Crippen LogP contribution >= 0.6 is 0 Å². The number of likely N-dealkylation sites (N-methyl/N-ethyl adjacent to an activating group) is 1. The Bertz CT molecular complexity index is 200. The molecule has 0 aromatic carbocycles. The van der Waals surface area contributed by atoms with Crippen molar-refractivity contribution >= 4 is 0 Å². The molecule has 0 spiro atoms. The molecule has 2 saturated heterocycles. The van der Waals surface area contributed by atoms with E-state index >= 15 is 0 Å². The van der Waals surface area contributed by atoms with Crippen molar-refractivity contribution < 1.29 is 4.74 Å². The molecule has 88 valence electrons. The van der Waals surface area contributed by atoms with Gasteiger partial charge in [0.1, 0.15) is 0 Å². The lowest BCUT2D eigenvalue weighted by Crippen LogP contribution is -2.36. The molecular weight excluding hydrogens is 188 g/mol. The van der Waals surface area contributed by atoms with E-state index in [4.69, 9.17) is 4.74 Å². The van der Waals surface area contributed by atoms with Crippen molar-refractivity contribution in [3.05, 3.63) is 0 Å². The van der Waals surface area contributed by atoms with E-state index in [1.165, 1.54) is 19.4 Å². The van der Waals surface area contributed by atoms with Gasteiger partial charge in [-0.2, -0.15) is 0 Å². The Kier molecular flexibility index (Phi) is 3.65. The summed E-state index contributed by atoms with van der Waals surface area (Å²) in [6.45, 7) is 7.79. The lowest BCUT2D eigenvalue weighted by Gasteiger charge is -2.18. The van der Waals surface area contributed by atoms with E-state index in [9.17, 15) is 0 Å². The fraction of sp³-hybridized carbons (Fsp3) is 1.00. The van der Waals surface area contributed by atoms with E-state index in [0.717, 1.165) is 25.1 Å². The normalized spacial score (nSPS) is 42.6. The second-order valence-electron chi connectivity index (χ2n) is 5.25. The summed E-state index contributed by atoms with van der Waals surface area (Å²) in [5.74, 6) is 0.728. The van der Waals surface area contributed by atoms with E-state index in [2.05, 4.69) is 31.1 Å². The molecule has 0 aliphatic carbocycles. The third-order valence-corrected chi connectivity index (χ3v) is 4.09.